The first-order chi connectivity index (χ1) is 10.9. The number of furan rings is 1. The van der Waals surface area contributed by atoms with Gasteiger partial charge in [0.25, 0.3) is 0 Å². The third-order valence-electron chi connectivity index (χ3n) is 3.77. The molecule has 2 aromatic heterocycles. The third-order valence-corrected chi connectivity index (χ3v) is 3.77. The molecule has 0 spiro atoms. The van der Waals surface area contributed by atoms with E-state index in [-0.39, 0.29) is 18.9 Å². The van der Waals surface area contributed by atoms with E-state index in [1.807, 2.05) is 18.5 Å². The number of nitrogens with one attached hydrogen (secondary N) is 1. The van der Waals surface area contributed by atoms with Crippen LogP contribution in [-0.4, -0.2) is 27.3 Å². The van der Waals surface area contributed by atoms with Crippen molar-refractivity contribution >= 4 is 5.91 Å². The van der Waals surface area contributed by atoms with E-state index in [0.717, 1.165) is 23.5 Å². The zero-order valence-electron chi connectivity index (χ0n) is 14.2. The highest BCUT2D eigenvalue weighted by atomic mass is 16.4. The fourth-order valence-electron chi connectivity index (χ4n) is 2.53. The second-order valence-corrected chi connectivity index (χ2v) is 6.24. The lowest BCUT2D eigenvalue weighted by Gasteiger charge is -2.10. The fourth-order valence-corrected chi connectivity index (χ4v) is 2.53. The Hall–Kier alpha value is -2.08. The van der Waals surface area contributed by atoms with Crippen molar-refractivity contribution in [1.29, 1.82) is 0 Å². The Labute approximate surface area is 136 Å². The standard InChI is InChI=1S/C17H25N3O3/c1-11(2)10-20-13(4)14(12(3)19-20)8-17(22)18-9-15(21)16-6-5-7-23-16/h5-7,11,15,21H,8-10H2,1-4H3,(H,18,22). The summed E-state index contributed by atoms with van der Waals surface area (Å²) in [5, 5.41) is 17.2. The maximum Gasteiger partial charge on any atom is 0.224 e. The predicted octanol–water partition coefficient (Wildman–Crippen LogP) is 2.14. The molecule has 2 heterocycles. The number of aryl methyl sites for hydroxylation is 1. The van der Waals surface area contributed by atoms with Gasteiger partial charge in [0.1, 0.15) is 11.9 Å². The minimum Gasteiger partial charge on any atom is -0.467 e. The van der Waals surface area contributed by atoms with Crippen LogP contribution in [0.15, 0.2) is 22.8 Å². The molecule has 0 aliphatic carbocycles. The van der Waals surface area contributed by atoms with Gasteiger partial charge in [-0.1, -0.05) is 13.8 Å². The fraction of sp³-hybridized carbons (Fsp3) is 0.529. The quantitative estimate of drug-likeness (QED) is 0.819. The van der Waals surface area contributed by atoms with Crippen LogP contribution in [0.4, 0.5) is 0 Å². The van der Waals surface area contributed by atoms with Gasteiger partial charge in [0.15, 0.2) is 0 Å². The number of carbonyl (C=O) groups is 1. The number of aliphatic hydroxyl groups is 1. The van der Waals surface area contributed by atoms with Gasteiger partial charge in [-0.15, -0.1) is 0 Å². The Morgan fingerprint density at radius 2 is 2.17 bits per heavy atom. The molecule has 0 fully saturated rings. The molecule has 0 aliphatic heterocycles. The Morgan fingerprint density at radius 1 is 1.43 bits per heavy atom. The number of amides is 1. The highest BCUT2D eigenvalue weighted by molar-refractivity contribution is 5.79. The average molecular weight is 319 g/mol. The van der Waals surface area contributed by atoms with Gasteiger partial charge in [-0.25, -0.2) is 0 Å². The summed E-state index contributed by atoms with van der Waals surface area (Å²) in [6, 6.07) is 3.39. The van der Waals surface area contributed by atoms with E-state index in [2.05, 4.69) is 24.3 Å². The second kappa shape index (κ2) is 7.46. The van der Waals surface area contributed by atoms with Gasteiger partial charge < -0.3 is 14.8 Å². The van der Waals surface area contributed by atoms with E-state index in [9.17, 15) is 9.90 Å². The maximum absolute atomic E-state index is 12.1. The molecule has 2 rings (SSSR count). The molecule has 0 saturated carbocycles. The van der Waals surface area contributed by atoms with Crippen LogP contribution in [0.1, 0.15) is 42.7 Å². The zero-order chi connectivity index (χ0) is 17.0. The molecule has 23 heavy (non-hydrogen) atoms. The lowest BCUT2D eigenvalue weighted by molar-refractivity contribution is -0.121. The molecule has 1 unspecified atom stereocenters. The smallest absolute Gasteiger partial charge is 0.224 e. The summed E-state index contributed by atoms with van der Waals surface area (Å²) in [6.07, 6.45) is 0.927. The van der Waals surface area contributed by atoms with Crippen molar-refractivity contribution in [3.05, 3.63) is 41.1 Å². The summed E-state index contributed by atoms with van der Waals surface area (Å²) in [5.74, 6) is 0.812. The monoisotopic (exact) mass is 319 g/mol. The molecule has 0 aliphatic rings. The predicted molar refractivity (Wildman–Crippen MR) is 86.9 cm³/mol. The summed E-state index contributed by atoms with van der Waals surface area (Å²) < 4.78 is 7.07. The van der Waals surface area contributed by atoms with Crippen LogP contribution < -0.4 is 5.32 Å². The van der Waals surface area contributed by atoms with Crippen LogP contribution in [-0.2, 0) is 17.8 Å². The summed E-state index contributed by atoms with van der Waals surface area (Å²) in [7, 11) is 0. The first-order valence-electron chi connectivity index (χ1n) is 7.89. The molecule has 0 bridgehead atoms. The summed E-state index contributed by atoms with van der Waals surface area (Å²) >= 11 is 0. The largest absolute Gasteiger partial charge is 0.467 e. The van der Waals surface area contributed by atoms with Crippen molar-refractivity contribution < 1.29 is 14.3 Å². The minimum atomic E-state index is -0.834. The summed E-state index contributed by atoms with van der Waals surface area (Å²) in [5.41, 5.74) is 2.86. The number of aliphatic hydroxyl groups excluding tert-OH is 1. The highest BCUT2D eigenvalue weighted by Gasteiger charge is 2.17. The molecule has 1 amide bonds. The number of aromatic nitrogens is 2. The zero-order valence-corrected chi connectivity index (χ0v) is 14.2. The van der Waals surface area contributed by atoms with Gasteiger partial charge in [-0.2, -0.15) is 5.10 Å². The molecular weight excluding hydrogens is 294 g/mol. The van der Waals surface area contributed by atoms with E-state index >= 15 is 0 Å². The normalized spacial score (nSPS) is 12.6. The van der Waals surface area contributed by atoms with E-state index in [0.29, 0.717) is 11.7 Å². The van der Waals surface area contributed by atoms with Crippen LogP contribution in [0, 0.1) is 19.8 Å². The number of hydrogen-bond acceptors (Lipinski definition) is 4. The van der Waals surface area contributed by atoms with Crippen molar-refractivity contribution in [2.24, 2.45) is 5.92 Å². The van der Waals surface area contributed by atoms with Crippen molar-refractivity contribution in [3.63, 3.8) is 0 Å². The number of nitrogens with zero attached hydrogens (tertiary/aromatic N) is 2. The minimum absolute atomic E-state index is 0.130. The van der Waals surface area contributed by atoms with Crippen molar-refractivity contribution in [1.82, 2.24) is 15.1 Å². The van der Waals surface area contributed by atoms with E-state index in [4.69, 9.17) is 4.42 Å². The van der Waals surface area contributed by atoms with Gasteiger partial charge in [0.05, 0.1) is 24.9 Å². The lowest BCUT2D eigenvalue weighted by Crippen LogP contribution is -2.29. The van der Waals surface area contributed by atoms with Crippen LogP contribution >= 0.6 is 0 Å². The number of carbonyl (C=O) groups excluding carboxylic acids is 1. The van der Waals surface area contributed by atoms with Gasteiger partial charge in [-0.05, 0) is 31.9 Å². The van der Waals surface area contributed by atoms with Crippen LogP contribution in [0.5, 0.6) is 0 Å². The lowest BCUT2D eigenvalue weighted by atomic mass is 10.1. The Kier molecular flexibility index (Phi) is 5.60. The van der Waals surface area contributed by atoms with Gasteiger partial charge in [0.2, 0.25) is 5.91 Å². The van der Waals surface area contributed by atoms with Crippen LogP contribution in [0.2, 0.25) is 0 Å². The molecule has 6 heteroatoms. The average Bonchev–Trinajstić information content (AvgIpc) is 3.09. The molecule has 2 aromatic rings. The highest BCUT2D eigenvalue weighted by Crippen LogP contribution is 2.16. The van der Waals surface area contributed by atoms with Crippen molar-refractivity contribution in [2.75, 3.05) is 6.54 Å². The van der Waals surface area contributed by atoms with Crippen molar-refractivity contribution in [3.8, 4) is 0 Å². The molecule has 0 saturated heterocycles. The third kappa shape index (κ3) is 4.45. The molecular formula is C17H25N3O3. The van der Waals surface area contributed by atoms with E-state index in [1.165, 1.54) is 6.26 Å². The van der Waals surface area contributed by atoms with Crippen LogP contribution in [0.3, 0.4) is 0 Å². The molecule has 0 aromatic carbocycles. The summed E-state index contributed by atoms with van der Waals surface area (Å²) in [6.45, 7) is 9.15. The summed E-state index contributed by atoms with van der Waals surface area (Å²) in [4.78, 5) is 12.1. The van der Waals surface area contributed by atoms with Gasteiger partial charge >= 0.3 is 0 Å². The van der Waals surface area contributed by atoms with E-state index in [1.54, 1.807) is 12.1 Å². The molecule has 1 atom stereocenters. The number of hydrogen-bond donors (Lipinski definition) is 2. The molecule has 2 N–H and O–H groups in total. The molecule has 126 valence electrons. The van der Waals surface area contributed by atoms with E-state index < -0.39 is 6.10 Å². The number of rotatable bonds is 7. The SMILES string of the molecule is Cc1nn(CC(C)C)c(C)c1CC(=O)NCC(O)c1ccco1. The molecule has 6 nitrogen and oxygen atoms in total. The first kappa shape index (κ1) is 17.3. The van der Waals surface area contributed by atoms with Gasteiger partial charge in [0, 0.05) is 17.8 Å². The van der Waals surface area contributed by atoms with Crippen LogP contribution in [0.25, 0.3) is 0 Å². The first-order valence-corrected chi connectivity index (χ1v) is 7.89. The molecule has 0 radical (unpaired) electrons. The topological polar surface area (TPSA) is 80.3 Å². The Bertz CT molecular complexity index is 644. The Balaban J connectivity index is 1.94. The Morgan fingerprint density at radius 3 is 2.78 bits per heavy atom. The van der Waals surface area contributed by atoms with Crippen molar-refractivity contribution in [2.45, 2.75) is 46.8 Å². The maximum atomic E-state index is 12.1. The van der Waals surface area contributed by atoms with Gasteiger partial charge in [-0.3, -0.25) is 9.48 Å². The second-order valence-electron chi connectivity index (χ2n) is 6.24.